The van der Waals surface area contributed by atoms with Crippen molar-refractivity contribution in [1.29, 1.82) is 0 Å². The molecule has 0 spiro atoms. The van der Waals surface area contributed by atoms with Crippen molar-refractivity contribution in [1.82, 2.24) is 0 Å². The highest BCUT2D eigenvalue weighted by atomic mass is 16.4. The summed E-state index contributed by atoms with van der Waals surface area (Å²) < 4.78 is 26.7. The van der Waals surface area contributed by atoms with Gasteiger partial charge in [0.05, 0.1) is 11.6 Å². The summed E-state index contributed by atoms with van der Waals surface area (Å²) in [6.45, 7) is 0. The van der Waals surface area contributed by atoms with Gasteiger partial charge in [-0.3, -0.25) is 0 Å². The molecule has 0 unspecified atom stereocenters. The van der Waals surface area contributed by atoms with Crippen LogP contribution in [0.15, 0.2) is 188 Å². The second-order valence-electron chi connectivity index (χ2n) is 14.7. The van der Waals surface area contributed by atoms with E-state index >= 15 is 0 Å². The van der Waals surface area contributed by atoms with Gasteiger partial charge >= 0.3 is 0 Å². The molecule has 0 radical (unpaired) electrons. The molecule has 260 valence electrons. The average Bonchev–Trinajstić information content (AvgIpc) is 4.04. The molecule has 0 N–H and O–H groups in total. The minimum absolute atomic E-state index is 0.723. The van der Waals surface area contributed by atoms with Crippen LogP contribution in [0.3, 0.4) is 0 Å². The molecule has 0 aliphatic heterocycles. The first-order valence-electron chi connectivity index (χ1n) is 18.9. The third-order valence-electron chi connectivity index (χ3n) is 11.7. The Morgan fingerprint density at radius 2 is 0.875 bits per heavy atom. The molecule has 13 rings (SSSR count). The number of para-hydroxylation sites is 3. The second-order valence-corrected chi connectivity index (χ2v) is 14.7. The largest absolute Gasteiger partial charge is 0.464 e. The van der Waals surface area contributed by atoms with Crippen LogP contribution in [-0.2, 0) is 0 Å². The number of fused-ring (bicyclic) bond motifs is 14. The Balaban J connectivity index is 1.14. The lowest BCUT2D eigenvalue weighted by molar-refractivity contribution is 0.616. The standard InChI is InChI=1S/C52H28O4/c1-2-13-29(14-3-1)45-31-16-4-6-18-33(31)46(34-19-7-5-17-32(34)45)38-22-12-21-35-36-25-26-44-48(50(36)56-49(35)38)41(28-53-44)39-27-40-30-15-8-10-23-42(30)54-51(40)52-47(39)37-20-9-11-24-43(37)55-52/h1-28H. The zero-order chi connectivity index (χ0) is 36.5. The van der Waals surface area contributed by atoms with E-state index in [0.717, 1.165) is 99.0 Å². The molecule has 0 aliphatic rings. The predicted octanol–water partition coefficient (Wildman–Crippen LogP) is 15.4. The lowest BCUT2D eigenvalue weighted by Crippen LogP contribution is -1.90. The summed E-state index contributed by atoms with van der Waals surface area (Å²) >= 11 is 0. The van der Waals surface area contributed by atoms with Crippen molar-refractivity contribution in [3.8, 4) is 33.4 Å². The topological polar surface area (TPSA) is 52.6 Å². The third kappa shape index (κ3) is 3.92. The van der Waals surface area contributed by atoms with Crippen LogP contribution in [0.4, 0.5) is 0 Å². The molecule has 56 heavy (non-hydrogen) atoms. The van der Waals surface area contributed by atoms with E-state index in [2.05, 4.69) is 133 Å². The Morgan fingerprint density at radius 3 is 1.62 bits per heavy atom. The van der Waals surface area contributed by atoms with E-state index in [1.54, 1.807) is 0 Å². The Morgan fingerprint density at radius 1 is 0.286 bits per heavy atom. The van der Waals surface area contributed by atoms with E-state index in [1.807, 2.05) is 36.6 Å². The first-order valence-corrected chi connectivity index (χ1v) is 18.9. The van der Waals surface area contributed by atoms with Gasteiger partial charge in [-0.15, -0.1) is 0 Å². The van der Waals surface area contributed by atoms with Crippen molar-refractivity contribution in [3.05, 3.63) is 170 Å². The fourth-order valence-corrected chi connectivity index (χ4v) is 9.39. The van der Waals surface area contributed by atoms with E-state index in [9.17, 15) is 0 Å². The lowest BCUT2D eigenvalue weighted by atomic mass is 9.85. The van der Waals surface area contributed by atoms with Crippen LogP contribution in [-0.4, -0.2) is 0 Å². The van der Waals surface area contributed by atoms with Gasteiger partial charge in [-0.05, 0) is 68.6 Å². The number of furan rings is 4. The van der Waals surface area contributed by atoms with E-state index in [4.69, 9.17) is 17.7 Å². The molecule has 0 amide bonds. The summed E-state index contributed by atoms with van der Waals surface area (Å²) in [5.41, 5.74) is 12.1. The zero-order valence-corrected chi connectivity index (χ0v) is 29.8. The summed E-state index contributed by atoms with van der Waals surface area (Å²) in [7, 11) is 0. The maximum absolute atomic E-state index is 7.21. The number of hydrogen-bond donors (Lipinski definition) is 0. The normalized spacial score (nSPS) is 12.3. The molecule has 0 aliphatic carbocycles. The summed E-state index contributed by atoms with van der Waals surface area (Å²) in [6.07, 6.45) is 1.87. The van der Waals surface area contributed by atoms with Crippen LogP contribution < -0.4 is 0 Å². The van der Waals surface area contributed by atoms with Crippen molar-refractivity contribution >= 4 is 98.3 Å². The zero-order valence-electron chi connectivity index (χ0n) is 29.8. The lowest BCUT2D eigenvalue weighted by Gasteiger charge is -2.17. The molecular formula is C52H28O4. The van der Waals surface area contributed by atoms with E-state index in [1.165, 1.54) is 32.7 Å². The van der Waals surface area contributed by atoms with Crippen LogP contribution in [0.5, 0.6) is 0 Å². The van der Waals surface area contributed by atoms with Crippen LogP contribution in [0.25, 0.3) is 132 Å². The molecule has 0 bridgehead atoms. The quantitative estimate of drug-likeness (QED) is 0.171. The maximum atomic E-state index is 7.21. The highest BCUT2D eigenvalue weighted by Crippen LogP contribution is 2.50. The summed E-state index contributed by atoms with van der Waals surface area (Å²) in [5, 5.41) is 11.8. The van der Waals surface area contributed by atoms with Crippen LogP contribution in [0, 0.1) is 0 Å². The maximum Gasteiger partial charge on any atom is 0.179 e. The van der Waals surface area contributed by atoms with E-state index in [-0.39, 0.29) is 0 Å². The first kappa shape index (κ1) is 29.8. The van der Waals surface area contributed by atoms with E-state index < -0.39 is 0 Å². The van der Waals surface area contributed by atoms with Gasteiger partial charge in [0.2, 0.25) is 0 Å². The molecule has 13 aromatic rings. The van der Waals surface area contributed by atoms with Gasteiger partial charge in [-0.2, -0.15) is 0 Å². The Bertz CT molecular complexity index is 3700. The van der Waals surface area contributed by atoms with Gasteiger partial charge in [0.15, 0.2) is 11.2 Å². The van der Waals surface area contributed by atoms with Crippen LogP contribution in [0.1, 0.15) is 0 Å². The Labute approximate surface area is 318 Å². The highest BCUT2D eigenvalue weighted by molar-refractivity contribution is 6.29. The predicted molar refractivity (Wildman–Crippen MR) is 229 cm³/mol. The molecule has 0 saturated heterocycles. The Kier molecular flexibility index (Phi) is 5.86. The molecule has 0 fully saturated rings. The smallest absolute Gasteiger partial charge is 0.179 e. The molecule has 4 heteroatoms. The molecule has 4 heterocycles. The highest BCUT2D eigenvalue weighted by Gasteiger charge is 2.26. The summed E-state index contributed by atoms with van der Waals surface area (Å²) in [6, 6.07) is 57.5. The summed E-state index contributed by atoms with van der Waals surface area (Å²) in [5.74, 6) is 0. The van der Waals surface area contributed by atoms with Gasteiger partial charge in [0.1, 0.15) is 27.9 Å². The number of benzene rings is 9. The molecular weight excluding hydrogens is 689 g/mol. The van der Waals surface area contributed by atoms with Crippen molar-refractivity contribution in [2.45, 2.75) is 0 Å². The van der Waals surface area contributed by atoms with E-state index in [0.29, 0.717) is 0 Å². The first-order chi connectivity index (χ1) is 27.8. The minimum atomic E-state index is 0.723. The van der Waals surface area contributed by atoms with Crippen molar-refractivity contribution in [2.75, 3.05) is 0 Å². The van der Waals surface area contributed by atoms with Gasteiger partial charge in [-0.25, -0.2) is 0 Å². The second kappa shape index (κ2) is 11.0. The number of hydrogen-bond acceptors (Lipinski definition) is 4. The molecule has 0 atom stereocenters. The fourth-order valence-electron chi connectivity index (χ4n) is 9.39. The minimum Gasteiger partial charge on any atom is -0.464 e. The van der Waals surface area contributed by atoms with Crippen molar-refractivity contribution in [3.63, 3.8) is 0 Å². The Hall–Kier alpha value is -7.56. The monoisotopic (exact) mass is 716 g/mol. The summed E-state index contributed by atoms with van der Waals surface area (Å²) in [4.78, 5) is 0. The average molecular weight is 717 g/mol. The van der Waals surface area contributed by atoms with Gasteiger partial charge in [0, 0.05) is 49.0 Å². The fraction of sp³-hybridized carbons (Fsp3) is 0. The number of rotatable bonds is 3. The molecule has 9 aromatic carbocycles. The van der Waals surface area contributed by atoms with Gasteiger partial charge < -0.3 is 17.7 Å². The third-order valence-corrected chi connectivity index (χ3v) is 11.7. The van der Waals surface area contributed by atoms with Crippen LogP contribution >= 0.6 is 0 Å². The van der Waals surface area contributed by atoms with Crippen molar-refractivity contribution in [2.24, 2.45) is 0 Å². The van der Waals surface area contributed by atoms with Gasteiger partial charge in [-0.1, -0.05) is 133 Å². The van der Waals surface area contributed by atoms with Gasteiger partial charge in [0.25, 0.3) is 0 Å². The SMILES string of the molecule is c1ccc(-c2c3ccccc3c(-c3cccc4c3oc3c4ccc4occ(-c5cc6c7ccccc7oc6c6oc7ccccc7c56)c43)c3ccccc23)cc1. The molecule has 4 nitrogen and oxygen atoms in total. The molecule has 0 saturated carbocycles. The van der Waals surface area contributed by atoms with Crippen LogP contribution in [0.2, 0.25) is 0 Å². The molecule has 4 aromatic heterocycles. The van der Waals surface area contributed by atoms with Crippen molar-refractivity contribution < 1.29 is 17.7 Å².